The molecular formula is C14H15NO3S. The van der Waals surface area contributed by atoms with Gasteiger partial charge in [0.05, 0.1) is 5.69 Å². The number of amides is 1. The largest absolute Gasteiger partial charge is 0.480 e. The first kappa shape index (κ1) is 13.5. The molecule has 2 aromatic rings. The van der Waals surface area contributed by atoms with E-state index in [1.54, 1.807) is 6.92 Å². The van der Waals surface area contributed by atoms with Crippen LogP contribution in [-0.2, 0) is 9.59 Å². The fraction of sp³-hybridized carbons (Fsp3) is 0.286. The number of aliphatic carboxylic acids is 1. The van der Waals surface area contributed by atoms with Crippen LogP contribution >= 0.6 is 11.3 Å². The number of rotatable bonds is 4. The second-order valence-corrected chi connectivity index (χ2v) is 5.16. The molecule has 0 unspecified atom stereocenters. The number of carbonyl (C=O) groups excluding carboxylic acids is 1. The lowest BCUT2D eigenvalue weighted by atomic mass is 10.2. The van der Waals surface area contributed by atoms with Crippen molar-refractivity contribution in [3.8, 4) is 0 Å². The lowest BCUT2D eigenvalue weighted by Gasteiger charge is -2.25. The van der Waals surface area contributed by atoms with Crippen molar-refractivity contribution in [3.63, 3.8) is 0 Å². The molecule has 0 saturated heterocycles. The normalized spacial score (nSPS) is 12.3. The maximum absolute atomic E-state index is 12.1. The maximum atomic E-state index is 12.1. The number of anilines is 1. The van der Waals surface area contributed by atoms with Gasteiger partial charge < -0.3 is 5.11 Å². The van der Waals surface area contributed by atoms with Crippen molar-refractivity contribution >= 4 is 39.0 Å². The zero-order valence-corrected chi connectivity index (χ0v) is 11.6. The molecule has 0 aliphatic rings. The molecule has 19 heavy (non-hydrogen) atoms. The first-order valence-electron chi connectivity index (χ1n) is 6.07. The summed E-state index contributed by atoms with van der Waals surface area (Å²) >= 11 is 1.51. The molecule has 1 aromatic carbocycles. The van der Waals surface area contributed by atoms with E-state index in [0.717, 1.165) is 10.1 Å². The third kappa shape index (κ3) is 2.46. The monoisotopic (exact) mass is 277 g/mol. The Bertz CT molecular complexity index is 620. The molecule has 1 amide bonds. The summed E-state index contributed by atoms with van der Waals surface area (Å²) < 4.78 is 1.05. The van der Waals surface area contributed by atoms with Gasteiger partial charge in [0.1, 0.15) is 6.04 Å². The summed E-state index contributed by atoms with van der Waals surface area (Å²) in [5.74, 6) is -1.18. The molecule has 0 radical (unpaired) electrons. The van der Waals surface area contributed by atoms with E-state index >= 15 is 0 Å². The van der Waals surface area contributed by atoms with Crippen LogP contribution in [0.15, 0.2) is 29.6 Å². The molecule has 1 heterocycles. The minimum atomic E-state index is -1.00. The van der Waals surface area contributed by atoms with Gasteiger partial charge in [-0.15, -0.1) is 11.3 Å². The molecule has 5 heteroatoms. The van der Waals surface area contributed by atoms with Gasteiger partial charge in [-0.25, -0.2) is 4.79 Å². The van der Waals surface area contributed by atoms with E-state index in [1.807, 2.05) is 29.6 Å². The van der Waals surface area contributed by atoms with Crippen molar-refractivity contribution in [2.24, 2.45) is 0 Å². The number of carboxylic acid groups (broad SMARTS) is 1. The Balaban J connectivity index is 2.54. The van der Waals surface area contributed by atoms with Gasteiger partial charge in [-0.3, -0.25) is 9.69 Å². The van der Waals surface area contributed by atoms with Crippen LogP contribution in [0, 0.1) is 0 Å². The summed E-state index contributed by atoms with van der Waals surface area (Å²) in [5, 5.41) is 11.9. The van der Waals surface area contributed by atoms with E-state index in [1.165, 1.54) is 23.2 Å². The van der Waals surface area contributed by atoms with Crippen molar-refractivity contribution in [1.82, 2.24) is 0 Å². The van der Waals surface area contributed by atoms with Crippen LogP contribution in [0.2, 0.25) is 0 Å². The molecule has 0 spiro atoms. The number of carbonyl (C=O) groups is 2. The van der Waals surface area contributed by atoms with Crippen LogP contribution in [0.3, 0.4) is 0 Å². The number of thiophene rings is 1. The van der Waals surface area contributed by atoms with Gasteiger partial charge in [0.2, 0.25) is 5.91 Å². The molecule has 1 N–H and O–H groups in total. The Hall–Kier alpha value is -1.88. The molecule has 2 rings (SSSR count). The molecule has 100 valence electrons. The van der Waals surface area contributed by atoms with E-state index in [4.69, 9.17) is 0 Å². The van der Waals surface area contributed by atoms with Crippen LogP contribution in [0.25, 0.3) is 10.1 Å². The van der Waals surface area contributed by atoms with Gasteiger partial charge in [0.25, 0.3) is 0 Å². The minimum Gasteiger partial charge on any atom is -0.480 e. The molecule has 0 fully saturated rings. The number of hydrogen-bond donors (Lipinski definition) is 1. The van der Waals surface area contributed by atoms with Crippen molar-refractivity contribution in [2.45, 2.75) is 26.3 Å². The Morgan fingerprint density at radius 3 is 2.68 bits per heavy atom. The van der Waals surface area contributed by atoms with Gasteiger partial charge in [-0.2, -0.15) is 0 Å². The summed E-state index contributed by atoms with van der Waals surface area (Å²) in [7, 11) is 0. The second kappa shape index (κ2) is 5.40. The number of carboxylic acids is 1. The standard InChI is InChI=1S/C14H15NO3S/c1-3-13(16)15(9(2)14(17)18)11-8-19-12-7-5-4-6-10(11)12/h4-9H,3H2,1-2H3,(H,17,18)/t9-/m1/s1. The predicted molar refractivity (Wildman–Crippen MR) is 76.7 cm³/mol. The molecule has 1 atom stereocenters. The molecule has 0 bridgehead atoms. The molecular weight excluding hydrogens is 262 g/mol. The molecule has 0 saturated carbocycles. The zero-order valence-electron chi connectivity index (χ0n) is 10.8. The van der Waals surface area contributed by atoms with Crippen LogP contribution in [0.4, 0.5) is 5.69 Å². The van der Waals surface area contributed by atoms with E-state index in [0.29, 0.717) is 5.69 Å². The second-order valence-electron chi connectivity index (χ2n) is 4.25. The topological polar surface area (TPSA) is 57.6 Å². The van der Waals surface area contributed by atoms with Crippen LogP contribution in [-0.4, -0.2) is 23.0 Å². The lowest BCUT2D eigenvalue weighted by molar-refractivity contribution is -0.139. The quantitative estimate of drug-likeness (QED) is 0.934. The summed E-state index contributed by atoms with van der Waals surface area (Å²) in [6.45, 7) is 3.26. The number of hydrogen-bond acceptors (Lipinski definition) is 3. The highest BCUT2D eigenvalue weighted by atomic mass is 32.1. The summed E-state index contributed by atoms with van der Waals surface area (Å²) in [5.41, 5.74) is 0.683. The highest BCUT2D eigenvalue weighted by Crippen LogP contribution is 2.34. The average Bonchev–Trinajstić information content (AvgIpc) is 2.82. The van der Waals surface area contributed by atoms with E-state index in [2.05, 4.69) is 0 Å². The number of nitrogens with zero attached hydrogens (tertiary/aromatic N) is 1. The smallest absolute Gasteiger partial charge is 0.326 e. The summed E-state index contributed by atoms with van der Waals surface area (Å²) in [6, 6.07) is 6.81. The molecule has 1 aromatic heterocycles. The fourth-order valence-corrected chi connectivity index (χ4v) is 2.93. The molecule has 4 nitrogen and oxygen atoms in total. The van der Waals surface area contributed by atoms with Gasteiger partial charge in [-0.05, 0) is 13.0 Å². The molecule has 0 aliphatic heterocycles. The average molecular weight is 277 g/mol. The van der Waals surface area contributed by atoms with Gasteiger partial charge in [-0.1, -0.05) is 25.1 Å². The Morgan fingerprint density at radius 2 is 2.05 bits per heavy atom. The molecule has 0 aliphatic carbocycles. The van der Waals surface area contributed by atoms with Crippen molar-refractivity contribution in [2.75, 3.05) is 4.90 Å². The van der Waals surface area contributed by atoms with Crippen LogP contribution in [0.5, 0.6) is 0 Å². The van der Waals surface area contributed by atoms with Gasteiger partial charge in [0, 0.05) is 21.9 Å². The Labute approximate surface area is 115 Å². The van der Waals surface area contributed by atoms with E-state index < -0.39 is 12.0 Å². The number of benzene rings is 1. The van der Waals surface area contributed by atoms with E-state index in [9.17, 15) is 14.7 Å². The van der Waals surface area contributed by atoms with Crippen LogP contribution < -0.4 is 4.90 Å². The Morgan fingerprint density at radius 1 is 1.37 bits per heavy atom. The van der Waals surface area contributed by atoms with Crippen molar-refractivity contribution < 1.29 is 14.7 Å². The van der Waals surface area contributed by atoms with Gasteiger partial charge in [0.15, 0.2) is 0 Å². The minimum absolute atomic E-state index is 0.182. The maximum Gasteiger partial charge on any atom is 0.326 e. The summed E-state index contributed by atoms with van der Waals surface area (Å²) in [4.78, 5) is 24.6. The van der Waals surface area contributed by atoms with E-state index in [-0.39, 0.29) is 12.3 Å². The highest BCUT2D eigenvalue weighted by molar-refractivity contribution is 7.17. The lowest BCUT2D eigenvalue weighted by Crippen LogP contribution is -2.43. The van der Waals surface area contributed by atoms with Crippen molar-refractivity contribution in [1.29, 1.82) is 0 Å². The predicted octanol–water partition coefficient (Wildman–Crippen LogP) is 3.12. The van der Waals surface area contributed by atoms with Crippen LogP contribution in [0.1, 0.15) is 20.3 Å². The first-order valence-corrected chi connectivity index (χ1v) is 6.95. The third-order valence-electron chi connectivity index (χ3n) is 3.04. The fourth-order valence-electron chi connectivity index (χ4n) is 1.99. The highest BCUT2D eigenvalue weighted by Gasteiger charge is 2.27. The summed E-state index contributed by atoms with van der Waals surface area (Å²) in [6.07, 6.45) is 0.280. The zero-order chi connectivity index (χ0) is 14.0. The SMILES string of the molecule is CCC(=O)N(c1csc2ccccc12)[C@H](C)C(=O)O. The third-order valence-corrected chi connectivity index (χ3v) is 3.99. The van der Waals surface area contributed by atoms with Crippen molar-refractivity contribution in [3.05, 3.63) is 29.6 Å². The van der Waals surface area contributed by atoms with Gasteiger partial charge >= 0.3 is 5.97 Å². The number of fused-ring (bicyclic) bond motifs is 1. The first-order chi connectivity index (χ1) is 9.06. The Kier molecular flexibility index (Phi) is 3.85.